The second kappa shape index (κ2) is 5.19. The summed E-state index contributed by atoms with van der Waals surface area (Å²) >= 11 is 0. The van der Waals surface area contributed by atoms with Gasteiger partial charge in [-0.25, -0.2) is 4.79 Å². The zero-order valence-corrected chi connectivity index (χ0v) is 11.6. The molecule has 8 nitrogen and oxygen atoms in total. The smallest absolute Gasteiger partial charge is 0.322 e. The summed E-state index contributed by atoms with van der Waals surface area (Å²) in [6.07, 6.45) is 1.64. The van der Waals surface area contributed by atoms with E-state index in [9.17, 15) is 14.4 Å². The number of rotatable bonds is 3. The molecule has 2 aliphatic heterocycles. The third-order valence-corrected chi connectivity index (χ3v) is 3.79. The number of imide groups is 1. The van der Waals surface area contributed by atoms with Gasteiger partial charge in [-0.15, -0.1) is 0 Å². The third-order valence-electron chi connectivity index (χ3n) is 3.79. The molecule has 2 atom stereocenters. The third kappa shape index (κ3) is 2.61. The first-order chi connectivity index (χ1) is 10.0. The minimum absolute atomic E-state index is 0.0405. The quantitative estimate of drug-likeness (QED) is 0.777. The number of aromatic nitrogens is 1. The van der Waals surface area contributed by atoms with Gasteiger partial charge in [-0.2, -0.15) is 0 Å². The topological polar surface area (TPSA) is 105 Å². The number of amides is 4. The molecule has 2 fully saturated rings. The lowest BCUT2D eigenvalue weighted by Crippen LogP contribution is -2.38. The molecule has 4 amide bonds. The van der Waals surface area contributed by atoms with Gasteiger partial charge in [0, 0.05) is 12.6 Å². The number of hydrogen-bond donors (Lipinski definition) is 2. The van der Waals surface area contributed by atoms with E-state index < -0.39 is 18.0 Å². The number of likely N-dealkylation sites (tertiary alicyclic amines) is 1. The highest BCUT2D eigenvalue weighted by molar-refractivity contribution is 6.05. The molecule has 2 N–H and O–H groups in total. The Morgan fingerprint density at radius 1 is 1.52 bits per heavy atom. The summed E-state index contributed by atoms with van der Waals surface area (Å²) in [5, 5.41) is 8.40. The zero-order valence-electron chi connectivity index (χ0n) is 11.6. The molecule has 0 unspecified atom stereocenters. The predicted molar refractivity (Wildman–Crippen MR) is 70.0 cm³/mol. The lowest BCUT2D eigenvalue weighted by molar-refractivity contribution is -0.135. The number of aryl methyl sites for hydroxylation is 1. The number of carbonyl (C=O) groups is 3. The molecule has 2 aliphatic rings. The standard InChI is InChI=1S/C13H16N4O4/c1-7-5-10(21-16-7)9-3-2-4-17(9)11(18)6-8-12(19)15-13(20)14-8/h5,8-9H,2-4,6H2,1H3,(H2,14,15,19,20)/t8-,9-/m0/s1. The van der Waals surface area contributed by atoms with Gasteiger partial charge in [0.15, 0.2) is 5.76 Å². The SMILES string of the molecule is Cc1cc([C@@H]2CCCN2C(=O)C[C@@H]2NC(=O)NC2=O)on1. The van der Waals surface area contributed by atoms with Crippen molar-refractivity contribution in [2.24, 2.45) is 0 Å². The van der Waals surface area contributed by atoms with Gasteiger partial charge >= 0.3 is 6.03 Å². The van der Waals surface area contributed by atoms with Gasteiger partial charge in [0.1, 0.15) is 6.04 Å². The Balaban J connectivity index is 1.69. The van der Waals surface area contributed by atoms with Gasteiger partial charge in [-0.3, -0.25) is 14.9 Å². The lowest BCUT2D eigenvalue weighted by Gasteiger charge is -2.23. The molecule has 1 aromatic heterocycles. The van der Waals surface area contributed by atoms with E-state index in [2.05, 4.69) is 15.8 Å². The minimum atomic E-state index is -0.789. The molecular formula is C13H16N4O4. The maximum Gasteiger partial charge on any atom is 0.322 e. The van der Waals surface area contributed by atoms with E-state index in [0.717, 1.165) is 18.5 Å². The van der Waals surface area contributed by atoms with Crippen molar-refractivity contribution in [3.8, 4) is 0 Å². The number of hydrogen-bond acceptors (Lipinski definition) is 5. The fourth-order valence-electron chi connectivity index (χ4n) is 2.80. The molecule has 0 bridgehead atoms. The fourth-order valence-corrected chi connectivity index (χ4v) is 2.80. The minimum Gasteiger partial charge on any atom is -0.359 e. The Morgan fingerprint density at radius 3 is 2.95 bits per heavy atom. The largest absolute Gasteiger partial charge is 0.359 e. The second-order valence-corrected chi connectivity index (χ2v) is 5.34. The Morgan fingerprint density at radius 2 is 2.33 bits per heavy atom. The highest BCUT2D eigenvalue weighted by Crippen LogP contribution is 2.32. The van der Waals surface area contributed by atoms with Gasteiger partial charge < -0.3 is 14.7 Å². The summed E-state index contributed by atoms with van der Waals surface area (Å²) in [6.45, 7) is 2.44. The van der Waals surface area contributed by atoms with Crippen molar-refractivity contribution in [2.45, 2.75) is 38.3 Å². The summed E-state index contributed by atoms with van der Waals surface area (Å²) in [7, 11) is 0. The van der Waals surface area contributed by atoms with E-state index in [-0.39, 0.29) is 18.4 Å². The van der Waals surface area contributed by atoms with Crippen LogP contribution in [-0.2, 0) is 9.59 Å². The summed E-state index contributed by atoms with van der Waals surface area (Å²) in [5.41, 5.74) is 0.770. The van der Waals surface area contributed by atoms with Crippen LogP contribution in [0, 0.1) is 6.92 Å². The molecule has 0 aromatic carbocycles. The molecule has 0 aliphatic carbocycles. The summed E-state index contributed by atoms with van der Waals surface area (Å²) in [4.78, 5) is 36.6. The van der Waals surface area contributed by atoms with E-state index in [4.69, 9.17) is 4.52 Å². The second-order valence-electron chi connectivity index (χ2n) is 5.34. The average molecular weight is 292 g/mol. The van der Waals surface area contributed by atoms with E-state index in [1.807, 2.05) is 13.0 Å². The van der Waals surface area contributed by atoms with Crippen molar-refractivity contribution in [1.29, 1.82) is 0 Å². The molecule has 8 heteroatoms. The first-order valence-corrected chi connectivity index (χ1v) is 6.88. The highest BCUT2D eigenvalue weighted by atomic mass is 16.5. The molecule has 112 valence electrons. The Kier molecular flexibility index (Phi) is 3.36. The van der Waals surface area contributed by atoms with Crippen LogP contribution in [0.25, 0.3) is 0 Å². The first kappa shape index (κ1) is 13.6. The van der Waals surface area contributed by atoms with Crippen LogP contribution in [0.15, 0.2) is 10.6 Å². The van der Waals surface area contributed by atoms with Gasteiger partial charge in [-0.1, -0.05) is 5.16 Å². The Hall–Kier alpha value is -2.38. The highest BCUT2D eigenvalue weighted by Gasteiger charge is 2.37. The van der Waals surface area contributed by atoms with Crippen molar-refractivity contribution in [3.63, 3.8) is 0 Å². The van der Waals surface area contributed by atoms with E-state index in [1.54, 1.807) is 4.90 Å². The van der Waals surface area contributed by atoms with Crippen LogP contribution in [0.4, 0.5) is 4.79 Å². The normalized spacial score (nSPS) is 25.1. The maximum absolute atomic E-state index is 12.4. The molecule has 3 rings (SSSR count). The summed E-state index contributed by atoms with van der Waals surface area (Å²) in [5.74, 6) is 0.0340. The van der Waals surface area contributed by atoms with Crippen LogP contribution in [0.5, 0.6) is 0 Å². The van der Waals surface area contributed by atoms with Crippen molar-refractivity contribution >= 4 is 17.8 Å². The summed E-state index contributed by atoms with van der Waals surface area (Å²) in [6, 6.07) is 0.337. The number of nitrogens with zero attached hydrogens (tertiary/aromatic N) is 2. The Bertz CT molecular complexity index is 597. The monoisotopic (exact) mass is 292 g/mol. The van der Waals surface area contributed by atoms with Crippen LogP contribution < -0.4 is 10.6 Å². The summed E-state index contributed by atoms with van der Waals surface area (Å²) < 4.78 is 5.24. The lowest BCUT2D eigenvalue weighted by atomic mass is 10.1. The number of urea groups is 1. The maximum atomic E-state index is 12.4. The van der Waals surface area contributed by atoms with Crippen LogP contribution in [0.3, 0.4) is 0 Å². The van der Waals surface area contributed by atoms with Crippen molar-refractivity contribution in [2.75, 3.05) is 6.54 Å². The molecule has 1 aromatic rings. The molecule has 0 radical (unpaired) electrons. The fraction of sp³-hybridized carbons (Fsp3) is 0.538. The van der Waals surface area contributed by atoms with Crippen molar-refractivity contribution in [3.05, 3.63) is 17.5 Å². The van der Waals surface area contributed by atoms with Crippen molar-refractivity contribution in [1.82, 2.24) is 20.7 Å². The number of carbonyl (C=O) groups excluding carboxylic acids is 3. The van der Waals surface area contributed by atoms with Gasteiger partial charge in [0.2, 0.25) is 5.91 Å². The molecule has 0 spiro atoms. The van der Waals surface area contributed by atoms with Gasteiger partial charge in [0.05, 0.1) is 18.2 Å². The molecule has 21 heavy (non-hydrogen) atoms. The van der Waals surface area contributed by atoms with Crippen LogP contribution in [0.1, 0.15) is 36.8 Å². The van der Waals surface area contributed by atoms with Crippen LogP contribution in [-0.4, -0.2) is 40.5 Å². The van der Waals surface area contributed by atoms with Crippen molar-refractivity contribution < 1.29 is 18.9 Å². The van der Waals surface area contributed by atoms with Crippen LogP contribution >= 0.6 is 0 Å². The van der Waals surface area contributed by atoms with E-state index in [1.165, 1.54) is 0 Å². The van der Waals surface area contributed by atoms with Gasteiger partial charge in [-0.05, 0) is 19.8 Å². The van der Waals surface area contributed by atoms with E-state index >= 15 is 0 Å². The van der Waals surface area contributed by atoms with Crippen LogP contribution in [0.2, 0.25) is 0 Å². The molecule has 0 saturated carbocycles. The van der Waals surface area contributed by atoms with E-state index in [0.29, 0.717) is 12.3 Å². The predicted octanol–water partition coefficient (Wildman–Crippen LogP) is 0.245. The average Bonchev–Trinajstić information content (AvgIpc) is 3.10. The first-order valence-electron chi connectivity index (χ1n) is 6.88. The molecular weight excluding hydrogens is 276 g/mol. The molecule has 3 heterocycles. The zero-order chi connectivity index (χ0) is 15.0. The Labute approximate surface area is 120 Å². The number of nitrogens with one attached hydrogen (secondary N) is 2. The molecule has 2 saturated heterocycles. The van der Waals surface area contributed by atoms with Gasteiger partial charge in [0.25, 0.3) is 5.91 Å².